The molecule has 1 amide bonds. The number of rotatable bonds is 4. The van der Waals surface area contributed by atoms with Gasteiger partial charge in [0.25, 0.3) is 0 Å². The molecule has 3 aliphatic heterocycles. The third-order valence-electron chi connectivity index (χ3n) is 7.72. The van der Waals surface area contributed by atoms with Crippen LogP contribution in [0.2, 0.25) is 0 Å². The molecule has 1 aromatic heterocycles. The molecule has 6 rings (SSSR count). The zero-order chi connectivity index (χ0) is 22.6. The smallest absolute Gasteiger partial charge is 0.227 e. The van der Waals surface area contributed by atoms with E-state index >= 15 is 0 Å². The molecule has 0 N–H and O–H groups in total. The molecule has 1 fully saturated rings. The van der Waals surface area contributed by atoms with Gasteiger partial charge in [-0.3, -0.25) is 9.69 Å². The van der Waals surface area contributed by atoms with Crippen LogP contribution in [0.5, 0.6) is 0 Å². The minimum atomic E-state index is -0.0764. The van der Waals surface area contributed by atoms with Crippen LogP contribution in [0.15, 0.2) is 36.4 Å². The molecule has 2 aromatic carbocycles. The summed E-state index contributed by atoms with van der Waals surface area (Å²) >= 11 is 1.61. The van der Waals surface area contributed by atoms with E-state index in [9.17, 15) is 4.79 Å². The molecule has 5 nitrogen and oxygen atoms in total. The number of carbonyl (C=O) groups excluding carboxylic acids is 1. The van der Waals surface area contributed by atoms with Crippen molar-refractivity contribution < 1.29 is 4.79 Å². The molecule has 0 aliphatic carbocycles. The molecular formula is C27H32N4OS. The summed E-state index contributed by atoms with van der Waals surface area (Å²) in [6.45, 7) is 10.7. The van der Waals surface area contributed by atoms with Gasteiger partial charge in [0.1, 0.15) is 5.82 Å². The fourth-order valence-electron chi connectivity index (χ4n) is 5.86. The van der Waals surface area contributed by atoms with E-state index in [0.29, 0.717) is 12.3 Å². The molecule has 33 heavy (non-hydrogen) atoms. The summed E-state index contributed by atoms with van der Waals surface area (Å²) in [6.07, 6.45) is 3.87. The lowest BCUT2D eigenvalue weighted by atomic mass is 9.74. The zero-order valence-corrected chi connectivity index (χ0v) is 20.5. The van der Waals surface area contributed by atoms with Crippen LogP contribution in [0.1, 0.15) is 43.4 Å². The quantitative estimate of drug-likeness (QED) is 0.570. The van der Waals surface area contributed by atoms with Crippen molar-refractivity contribution in [2.45, 2.75) is 44.9 Å². The van der Waals surface area contributed by atoms with Gasteiger partial charge in [-0.15, -0.1) is 0 Å². The van der Waals surface area contributed by atoms with Crippen molar-refractivity contribution in [1.82, 2.24) is 9.27 Å². The van der Waals surface area contributed by atoms with Crippen LogP contribution in [0, 0.1) is 0 Å². The van der Waals surface area contributed by atoms with Gasteiger partial charge in [0, 0.05) is 56.5 Å². The molecule has 4 heterocycles. The van der Waals surface area contributed by atoms with Crippen molar-refractivity contribution in [3.8, 4) is 0 Å². The second kappa shape index (κ2) is 8.10. The number of fused-ring (bicyclic) bond motifs is 1. The summed E-state index contributed by atoms with van der Waals surface area (Å²) in [5.74, 6) is 1.46. The van der Waals surface area contributed by atoms with Crippen molar-refractivity contribution in [2.75, 3.05) is 49.1 Å². The van der Waals surface area contributed by atoms with Crippen LogP contribution in [0.4, 0.5) is 11.5 Å². The maximum absolute atomic E-state index is 12.7. The number of aromatic nitrogens is 1. The van der Waals surface area contributed by atoms with Crippen LogP contribution in [-0.2, 0) is 23.1 Å². The van der Waals surface area contributed by atoms with E-state index in [0.717, 1.165) is 64.3 Å². The highest BCUT2D eigenvalue weighted by molar-refractivity contribution is 7.13. The predicted molar refractivity (Wildman–Crippen MR) is 137 cm³/mol. The summed E-state index contributed by atoms with van der Waals surface area (Å²) < 4.78 is 6.02. The first-order valence-corrected chi connectivity index (χ1v) is 13.1. The summed E-state index contributed by atoms with van der Waals surface area (Å²) in [6, 6.07) is 13.3. The van der Waals surface area contributed by atoms with Gasteiger partial charge in [0.2, 0.25) is 5.91 Å². The first kappa shape index (κ1) is 21.1. The Labute approximate surface area is 200 Å². The van der Waals surface area contributed by atoms with Gasteiger partial charge in [-0.1, -0.05) is 38.1 Å². The second-order valence-corrected chi connectivity index (χ2v) is 11.2. The lowest BCUT2D eigenvalue weighted by molar-refractivity contribution is -0.120. The third kappa shape index (κ3) is 3.73. The standard InChI is InChI=1S/C27H32N4OS/c1-27(2)18-24(32)31-10-5-6-20-16-19(17-22(27)25(20)31)9-11-29-12-14-30(15-13-29)26-21-7-3-4-8-23(21)33-28-26/h3-4,7-8,16-17H,5-6,9-15,18H2,1-2H3. The summed E-state index contributed by atoms with van der Waals surface area (Å²) in [5, 5.41) is 1.29. The first-order chi connectivity index (χ1) is 16.0. The zero-order valence-electron chi connectivity index (χ0n) is 19.6. The summed E-state index contributed by atoms with van der Waals surface area (Å²) in [5.41, 5.74) is 5.35. The SMILES string of the molecule is CC1(C)CC(=O)N2CCCc3cc(CCN4CCN(c5nsc6ccccc56)CC4)cc1c32. The highest BCUT2D eigenvalue weighted by Crippen LogP contribution is 2.45. The fraction of sp³-hybridized carbons (Fsp3) is 0.481. The van der Waals surface area contributed by atoms with E-state index in [1.807, 2.05) is 0 Å². The van der Waals surface area contributed by atoms with Crippen LogP contribution < -0.4 is 9.80 Å². The van der Waals surface area contributed by atoms with Crippen LogP contribution in [-0.4, -0.2) is 54.4 Å². The van der Waals surface area contributed by atoms with Gasteiger partial charge in [-0.05, 0) is 59.6 Å². The fourth-order valence-corrected chi connectivity index (χ4v) is 6.65. The van der Waals surface area contributed by atoms with Gasteiger partial charge in [-0.2, -0.15) is 4.37 Å². The molecule has 172 valence electrons. The molecule has 0 bridgehead atoms. The summed E-state index contributed by atoms with van der Waals surface area (Å²) in [4.78, 5) is 19.8. The van der Waals surface area contributed by atoms with Crippen LogP contribution in [0.3, 0.4) is 0 Å². The van der Waals surface area contributed by atoms with Crippen molar-refractivity contribution in [3.05, 3.63) is 53.1 Å². The van der Waals surface area contributed by atoms with E-state index in [4.69, 9.17) is 4.37 Å². The molecule has 6 heteroatoms. The Bertz CT molecular complexity index is 1210. The van der Waals surface area contributed by atoms with Gasteiger partial charge >= 0.3 is 0 Å². The minimum absolute atomic E-state index is 0.0764. The number of carbonyl (C=O) groups is 1. The Kier molecular flexibility index (Phi) is 5.18. The molecule has 0 spiro atoms. The average molecular weight is 461 g/mol. The van der Waals surface area contributed by atoms with Crippen LogP contribution >= 0.6 is 11.5 Å². The van der Waals surface area contributed by atoms with Crippen molar-refractivity contribution in [1.29, 1.82) is 0 Å². The Morgan fingerprint density at radius 3 is 2.73 bits per heavy atom. The predicted octanol–water partition coefficient (Wildman–Crippen LogP) is 4.62. The molecular weight excluding hydrogens is 428 g/mol. The molecule has 0 atom stereocenters. The lowest BCUT2D eigenvalue weighted by Crippen LogP contribution is -2.47. The van der Waals surface area contributed by atoms with E-state index in [1.54, 1.807) is 11.5 Å². The van der Waals surface area contributed by atoms with Crippen molar-refractivity contribution in [2.24, 2.45) is 0 Å². The Morgan fingerprint density at radius 2 is 1.88 bits per heavy atom. The number of benzene rings is 2. The number of hydrogen-bond donors (Lipinski definition) is 0. The minimum Gasteiger partial charge on any atom is -0.353 e. The largest absolute Gasteiger partial charge is 0.353 e. The topological polar surface area (TPSA) is 39.7 Å². The first-order valence-electron chi connectivity index (χ1n) is 12.3. The Hall–Kier alpha value is -2.44. The monoisotopic (exact) mass is 460 g/mol. The molecule has 1 saturated heterocycles. The normalized spacial score (nSPS) is 20.4. The number of hydrogen-bond acceptors (Lipinski definition) is 5. The van der Waals surface area contributed by atoms with E-state index < -0.39 is 0 Å². The van der Waals surface area contributed by atoms with E-state index in [1.165, 1.54) is 32.5 Å². The van der Waals surface area contributed by atoms with E-state index in [-0.39, 0.29) is 5.41 Å². The van der Waals surface area contributed by atoms with Crippen LogP contribution in [0.25, 0.3) is 10.1 Å². The summed E-state index contributed by atoms with van der Waals surface area (Å²) in [7, 11) is 0. The lowest BCUT2D eigenvalue weighted by Gasteiger charge is -2.42. The maximum Gasteiger partial charge on any atom is 0.227 e. The van der Waals surface area contributed by atoms with E-state index in [2.05, 4.69) is 64.9 Å². The van der Waals surface area contributed by atoms with Crippen molar-refractivity contribution in [3.63, 3.8) is 0 Å². The van der Waals surface area contributed by atoms with Gasteiger partial charge in [0.15, 0.2) is 0 Å². The maximum atomic E-state index is 12.7. The Balaban J connectivity index is 1.14. The average Bonchev–Trinajstić information content (AvgIpc) is 3.25. The number of aryl methyl sites for hydroxylation is 1. The van der Waals surface area contributed by atoms with Crippen molar-refractivity contribution >= 4 is 39.0 Å². The third-order valence-corrected chi connectivity index (χ3v) is 8.53. The number of anilines is 2. The molecule has 0 radical (unpaired) electrons. The highest BCUT2D eigenvalue weighted by Gasteiger charge is 2.39. The number of piperazine rings is 1. The van der Waals surface area contributed by atoms with Gasteiger partial charge < -0.3 is 9.80 Å². The number of amides is 1. The van der Waals surface area contributed by atoms with Gasteiger partial charge in [0.05, 0.1) is 10.4 Å². The van der Waals surface area contributed by atoms with Gasteiger partial charge in [-0.25, -0.2) is 0 Å². The molecule has 3 aliphatic rings. The second-order valence-electron chi connectivity index (χ2n) is 10.4. The molecule has 3 aromatic rings. The highest BCUT2D eigenvalue weighted by atomic mass is 32.1. The molecule has 0 saturated carbocycles. The number of nitrogens with zero attached hydrogens (tertiary/aromatic N) is 4. The Morgan fingerprint density at radius 1 is 1.06 bits per heavy atom. The molecule has 0 unspecified atom stereocenters.